The van der Waals surface area contributed by atoms with Crippen molar-refractivity contribution in [3.63, 3.8) is 0 Å². The lowest BCUT2D eigenvalue weighted by Gasteiger charge is -2.02. The van der Waals surface area contributed by atoms with Crippen LogP contribution in [0.1, 0.15) is 32.1 Å². The highest BCUT2D eigenvalue weighted by Gasteiger charge is 1.96. The lowest BCUT2D eigenvalue weighted by atomic mass is 10.0. The molecule has 1 N–H and O–H groups in total. The van der Waals surface area contributed by atoms with Gasteiger partial charge in [0, 0.05) is 12.1 Å². The molecule has 50 valence electrons. The van der Waals surface area contributed by atoms with Crippen LogP contribution < -0.4 is 0 Å². The molecule has 0 aromatic carbocycles. The number of allylic oxidation sites excluding steroid dienone is 2. The third kappa shape index (κ3) is 2.45. The van der Waals surface area contributed by atoms with E-state index in [1.807, 2.05) is 0 Å². The summed E-state index contributed by atoms with van der Waals surface area (Å²) in [5.41, 5.74) is 0.894. The Bertz CT molecular complexity index is 125. The monoisotopic (exact) mass is 123 g/mol. The highest BCUT2D eigenvalue weighted by atomic mass is 14.4. The molecule has 0 saturated heterocycles. The van der Waals surface area contributed by atoms with Crippen molar-refractivity contribution < 1.29 is 0 Å². The summed E-state index contributed by atoms with van der Waals surface area (Å²) >= 11 is 0. The van der Waals surface area contributed by atoms with Crippen molar-refractivity contribution in [2.75, 3.05) is 0 Å². The predicted octanol–water partition coefficient (Wildman–Crippen LogP) is 2.53. The van der Waals surface area contributed by atoms with E-state index in [4.69, 9.17) is 5.41 Å². The maximum Gasteiger partial charge on any atom is 0.0127 e. The Labute approximate surface area is 56.3 Å². The van der Waals surface area contributed by atoms with E-state index >= 15 is 0 Å². The molecule has 0 atom stereocenters. The minimum Gasteiger partial charge on any atom is -0.309 e. The minimum atomic E-state index is 0.889. The number of hydrogen-bond acceptors (Lipinski definition) is 1. The van der Waals surface area contributed by atoms with E-state index in [2.05, 4.69) is 12.2 Å². The Morgan fingerprint density at radius 1 is 1.22 bits per heavy atom. The molecule has 0 aromatic rings. The normalized spacial score (nSPS) is 21.1. The third-order valence-corrected chi connectivity index (χ3v) is 1.63. The van der Waals surface area contributed by atoms with Crippen LogP contribution in [-0.2, 0) is 0 Å². The Hall–Kier alpha value is -0.590. The van der Waals surface area contributed by atoms with Crippen LogP contribution in [0.5, 0.6) is 0 Å². The second kappa shape index (κ2) is 3.44. The van der Waals surface area contributed by atoms with Crippen molar-refractivity contribution in [1.29, 1.82) is 5.41 Å². The molecule has 0 fully saturated rings. The minimum absolute atomic E-state index is 0.889. The summed E-state index contributed by atoms with van der Waals surface area (Å²) in [7, 11) is 0. The largest absolute Gasteiger partial charge is 0.309 e. The molecule has 1 nitrogen and oxygen atoms in total. The second-order valence-electron chi connectivity index (χ2n) is 2.52. The van der Waals surface area contributed by atoms with Crippen LogP contribution in [-0.4, -0.2) is 5.71 Å². The van der Waals surface area contributed by atoms with Gasteiger partial charge in [0.1, 0.15) is 0 Å². The Morgan fingerprint density at radius 3 is 3.00 bits per heavy atom. The first-order chi connectivity index (χ1) is 4.39. The molecule has 0 aromatic heterocycles. The van der Waals surface area contributed by atoms with Gasteiger partial charge >= 0.3 is 0 Å². The van der Waals surface area contributed by atoms with Gasteiger partial charge in [-0.05, 0) is 25.7 Å². The fraction of sp³-hybridized carbons (Fsp3) is 0.625. The van der Waals surface area contributed by atoms with Crippen LogP contribution in [0.25, 0.3) is 0 Å². The van der Waals surface area contributed by atoms with Gasteiger partial charge in [0.25, 0.3) is 0 Å². The molecule has 1 rings (SSSR count). The summed E-state index contributed by atoms with van der Waals surface area (Å²) in [6.07, 6.45) is 9.90. The van der Waals surface area contributed by atoms with Crippen LogP contribution in [0.2, 0.25) is 0 Å². The van der Waals surface area contributed by atoms with Crippen molar-refractivity contribution in [2.45, 2.75) is 32.1 Å². The molecule has 0 radical (unpaired) electrons. The molecule has 0 spiro atoms. The first kappa shape index (κ1) is 6.53. The Kier molecular flexibility index (Phi) is 2.49. The maximum absolute atomic E-state index is 7.37. The summed E-state index contributed by atoms with van der Waals surface area (Å²) < 4.78 is 0. The fourth-order valence-corrected chi connectivity index (χ4v) is 1.05. The third-order valence-electron chi connectivity index (χ3n) is 1.63. The summed E-state index contributed by atoms with van der Waals surface area (Å²) in [4.78, 5) is 0. The van der Waals surface area contributed by atoms with Gasteiger partial charge in [-0.2, -0.15) is 0 Å². The van der Waals surface area contributed by atoms with Gasteiger partial charge in [0.2, 0.25) is 0 Å². The maximum atomic E-state index is 7.37. The molecule has 0 heterocycles. The zero-order valence-electron chi connectivity index (χ0n) is 5.69. The molecular weight excluding hydrogens is 110 g/mol. The summed E-state index contributed by atoms with van der Waals surface area (Å²) in [5, 5.41) is 7.37. The average molecular weight is 123 g/mol. The predicted molar refractivity (Wildman–Crippen MR) is 40.0 cm³/mol. The van der Waals surface area contributed by atoms with E-state index < -0.39 is 0 Å². The van der Waals surface area contributed by atoms with Crippen LogP contribution in [0, 0.1) is 5.41 Å². The van der Waals surface area contributed by atoms with E-state index in [-0.39, 0.29) is 0 Å². The zero-order valence-corrected chi connectivity index (χ0v) is 5.69. The van der Waals surface area contributed by atoms with Crippen molar-refractivity contribution in [2.24, 2.45) is 0 Å². The van der Waals surface area contributed by atoms with E-state index in [1.54, 1.807) is 0 Å². The van der Waals surface area contributed by atoms with Crippen LogP contribution in [0.15, 0.2) is 12.2 Å². The van der Waals surface area contributed by atoms with Gasteiger partial charge in [0.05, 0.1) is 0 Å². The summed E-state index contributed by atoms with van der Waals surface area (Å²) in [5.74, 6) is 0. The molecule has 0 bridgehead atoms. The van der Waals surface area contributed by atoms with E-state index in [0.29, 0.717) is 0 Å². The molecule has 0 unspecified atom stereocenters. The van der Waals surface area contributed by atoms with Gasteiger partial charge < -0.3 is 5.41 Å². The van der Waals surface area contributed by atoms with Crippen LogP contribution in [0.4, 0.5) is 0 Å². The lowest BCUT2D eigenvalue weighted by molar-refractivity contribution is 0.763. The van der Waals surface area contributed by atoms with Gasteiger partial charge in [-0.3, -0.25) is 0 Å². The second-order valence-corrected chi connectivity index (χ2v) is 2.52. The summed E-state index contributed by atoms with van der Waals surface area (Å²) in [6, 6.07) is 0. The van der Waals surface area contributed by atoms with Gasteiger partial charge in [-0.15, -0.1) is 0 Å². The molecule has 1 aliphatic carbocycles. The molecule has 1 aliphatic rings. The number of nitrogens with one attached hydrogen (secondary N) is 1. The first-order valence-corrected chi connectivity index (χ1v) is 3.61. The van der Waals surface area contributed by atoms with E-state index in [0.717, 1.165) is 18.6 Å². The number of rotatable bonds is 0. The Balaban J connectivity index is 2.37. The SMILES string of the molecule is N=C1CC=CCCCC1. The van der Waals surface area contributed by atoms with Gasteiger partial charge in [-0.25, -0.2) is 0 Å². The van der Waals surface area contributed by atoms with E-state index in [1.165, 1.54) is 19.3 Å². The molecular formula is C8H13N. The van der Waals surface area contributed by atoms with Crippen molar-refractivity contribution in [1.82, 2.24) is 0 Å². The smallest absolute Gasteiger partial charge is 0.0127 e. The molecule has 0 saturated carbocycles. The molecule has 1 heteroatoms. The standard InChI is InChI=1S/C8H13N/c9-8-6-4-2-1-3-5-7-8/h2,4,9H,1,3,5-7H2. The average Bonchev–Trinajstić information content (AvgIpc) is 1.79. The quantitative estimate of drug-likeness (QED) is 0.478. The number of hydrogen-bond donors (Lipinski definition) is 1. The van der Waals surface area contributed by atoms with E-state index in [9.17, 15) is 0 Å². The topological polar surface area (TPSA) is 23.9 Å². The zero-order chi connectivity index (χ0) is 6.53. The van der Waals surface area contributed by atoms with Crippen LogP contribution in [0.3, 0.4) is 0 Å². The van der Waals surface area contributed by atoms with Crippen molar-refractivity contribution in [3.05, 3.63) is 12.2 Å². The molecule has 9 heavy (non-hydrogen) atoms. The highest BCUT2D eigenvalue weighted by molar-refractivity contribution is 5.82. The molecule has 0 aliphatic heterocycles. The van der Waals surface area contributed by atoms with Gasteiger partial charge in [0.15, 0.2) is 0 Å². The van der Waals surface area contributed by atoms with Crippen LogP contribution >= 0.6 is 0 Å². The van der Waals surface area contributed by atoms with Crippen molar-refractivity contribution in [3.8, 4) is 0 Å². The highest BCUT2D eigenvalue weighted by Crippen LogP contribution is 2.07. The summed E-state index contributed by atoms with van der Waals surface area (Å²) in [6.45, 7) is 0. The fourth-order valence-electron chi connectivity index (χ4n) is 1.05. The first-order valence-electron chi connectivity index (χ1n) is 3.61. The molecule has 0 amide bonds. The van der Waals surface area contributed by atoms with Gasteiger partial charge in [-0.1, -0.05) is 12.2 Å². The lowest BCUT2D eigenvalue weighted by Crippen LogP contribution is -1.95. The Morgan fingerprint density at radius 2 is 2.11 bits per heavy atom. The van der Waals surface area contributed by atoms with Crippen molar-refractivity contribution >= 4 is 5.71 Å².